The number of hydrogen-bond acceptors (Lipinski definition) is 4. The van der Waals surface area contributed by atoms with Gasteiger partial charge in [-0.15, -0.1) is 0 Å². The molecule has 0 aromatic heterocycles. The fourth-order valence-electron chi connectivity index (χ4n) is 3.49. The smallest absolute Gasteiger partial charge is 0.142 e. The number of nitrogens with one attached hydrogen (secondary N) is 1. The Morgan fingerprint density at radius 2 is 1.56 bits per heavy atom. The Morgan fingerprint density at radius 1 is 0.960 bits per heavy atom. The molecule has 0 atom stereocenters. The van der Waals surface area contributed by atoms with E-state index < -0.39 is 0 Å². The lowest BCUT2D eigenvalue weighted by atomic mass is 9.97. The first-order valence-corrected chi connectivity index (χ1v) is 10.2. The number of piperidine rings is 1. The molecule has 2 aliphatic rings. The Balaban J connectivity index is 0.000000730. The zero-order valence-electron chi connectivity index (χ0n) is 17.1. The van der Waals surface area contributed by atoms with Gasteiger partial charge in [0.25, 0.3) is 0 Å². The summed E-state index contributed by atoms with van der Waals surface area (Å²) in [5.74, 6) is 1.88. The predicted octanol–water partition coefficient (Wildman–Crippen LogP) is 3.87. The van der Waals surface area contributed by atoms with Crippen LogP contribution < -0.4 is 15.0 Å². The van der Waals surface area contributed by atoms with E-state index in [1.54, 1.807) is 7.11 Å². The van der Waals surface area contributed by atoms with Crippen molar-refractivity contribution in [2.24, 2.45) is 5.92 Å². The van der Waals surface area contributed by atoms with Gasteiger partial charge in [-0.3, -0.25) is 4.90 Å². The van der Waals surface area contributed by atoms with E-state index in [2.05, 4.69) is 33.3 Å². The number of piperazine rings is 1. The lowest BCUT2D eigenvalue weighted by molar-refractivity contribution is 0.196. The number of para-hydroxylation sites is 2. The molecule has 144 valence electrons. The standard InChI is InChI=1S/C17H27N3O.2C2H6/c1-21-17-5-3-2-4-16(17)20-12-10-19(11-13-20)14-15-6-8-18-9-7-15;2*1-2/h2-5,15,18H,6-14H2,1H3;2*1-2H3. The Morgan fingerprint density at radius 3 is 2.16 bits per heavy atom. The van der Waals surface area contributed by atoms with Crippen LogP contribution in [0.3, 0.4) is 0 Å². The third-order valence-electron chi connectivity index (χ3n) is 4.77. The fraction of sp³-hybridized carbons (Fsp3) is 0.714. The summed E-state index contributed by atoms with van der Waals surface area (Å²) in [7, 11) is 1.76. The number of benzene rings is 1. The van der Waals surface area contributed by atoms with Crippen LogP contribution in [0.5, 0.6) is 5.75 Å². The minimum absolute atomic E-state index is 0.893. The summed E-state index contributed by atoms with van der Waals surface area (Å²) in [6, 6.07) is 8.35. The van der Waals surface area contributed by atoms with Crippen molar-refractivity contribution in [3.63, 3.8) is 0 Å². The fourth-order valence-corrected chi connectivity index (χ4v) is 3.49. The van der Waals surface area contributed by atoms with Gasteiger partial charge in [0.2, 0.25) is 0 Å². The van der Waals surface area contributed by atoms with Gasteiger partial charge >= 0.3 is 0 Å². The average Bonchev–Trinajstić information content (AvgIpc) is 2.72. The minimum atomic E-state index is 0.893. The summed E-state index contributed by atoms with van der Waals surface area (Å²) in [4.78, 5) is 5.10. The van der Waals surface area contributed by atoms with Crippen LogP contribution in [0.25, 0.3) is 0 Å². The van der Waals surface area contributed by atoms with E-state index in [1.165, 1.54) is 51.3 Å². The van der Waals surface area contributed by atoms with E-state index >= 15 is 0 Å². The van der Waals surface area contributed by atoms with Crippen molar-refractivity contribution in [3.8, 4) is 5.75 Å². The maximum atomic E-state index is 5.48. The van der Waals surface area contributed by atoms with Crippen LogP contribution in [-0.4, -0.2) is 57.8 Å². The van der Waals surface area contributed by atoms with Gasteiger partial charge in [0.05, 0.1) is 12.8 Å². The highest BCUT2D eigenvalue weighted by Crippen LogP contribution is 2.28. The number of ether oxygens (including phenoxy) is 1. The summed E-state index contributed by atoms with van der Waals surface area (Å²) in [6.07, 6.45) is 2.68. The van der Waals surface area contributed by atoms with Gasteiger partial charge < -0.3 is 15.0 Å². The van der Waals surface area contributed by atoms with E-state index in [9.17, 15) is 0 Å². The Labute approximate surface area is 155 Å². The van der Waals surface area contributed by atoms with Gasteiger partial charge in [-0.05, 0) is 44.0 Å². The summed E-state index contributed by atoms with van der Waals surface area (Å²) in [6.45, 7) is 16.2. The molecule has 0 bridgehead atoms. The van der Waals surface area contributed by atoms with Crippen molar-refractivity contribution in [1.29, 1.82) is 0 Å². The lowest BCUT2D eigenvalue weighted by Gasteiger charge is -2.38. The molecule has 1 N–H and O–H groups in total. The predicted molar refractivity (Wildman–Crippen MR) is 110 cm³/mol. The van der Waals surface area contributed by atoms with E-state index in [-0.39, 0.29) is 0 Å². The van der Waals surface area contributed by atoms with Crippen molar-refractivity contribution in [1.82, 2.24) is 10.2 Å². The van der Waals surface area contributed by atoms with Crippen LogP contribution in [0.15, 0.2) is 24.3 Å². The largest absolute Gasteiger partial charge is 0.495 e. The Kier molecular flexibility index (Phi) is 11.3. The first-order chi connectivity index (χ1) is 12.4. The van der Waals surface area contributed by atoms with E-state index in [0.717, 1.165) is 24.8 Å². The third-order valence-corrected chi connectivity index (χ3v) is 4.77. The molecule has 0 amide bonds. The van der Waals surface area contributed by atoms with Crippen molar-refractivity contribution in [2.75, 3.05) is 57.8 Å². The van der Waals surface area contributed by atoms with Gasteiger partial charge in [0.1, 0.15) is 5.75 Å². The summed E-state index contributed by atoms with van der Waals surface area (Å²) in [5, 5.41) is 3.45. The normalized spacial score (nSPS) is 18.5. The first-order valence-electron chi connectivity index (χ1n) is 10.2. The second kappa shape index (κ2) is 13.0. The third kappa shape index (κ3) is 6.87. The molecule has 0 saturated carbocycles. The molecule has 3 rings (SSSR count). The number of hydrogen-bond donors (Lipinski definition) is 1. The molecule has 2 fully saturated rings. The summed E-state index contributed by atoms with van der Waals surface area (Å²) >= 11 is 0. The Hall–Kier alpha value is -1.26. The SMILES string of the molecule is CC.CC.COc1ccccc1N1CCN(CC2CCNCC2)CC1. The van der Waals surface area contributed by atoms with Crippen LogP contribution in [0.2, 0.25) is 0 Å². The van der Waals surface area contributed by atoms with Crippen LogP contribution in [0.4, 0.5) is 5.69 Å². The zero-order valence-corrected chi connectivity index (χ0v) is 17.1. The van der Waals surface area contributed by atoms with Gasteiger partial charge in [-0.25, -0.2) is 0 Å². The monoisotopic (exact) mass is 349 g/mol. The van der Waals surface area contributed by atoms with Crippen molar-refractivity contribution >= 4 is 5.69 Å². The number of nitrogens with zero attached hydrogens (tertiary/aromatic N) is 2. The molecule has 1 aromatic rings. The molecule has 4 heteroatoms. The van der Waals surface area contributed by atoms with E-state index in [1.807, 2.05) is 33.8 Å². The number of rotatable bonds is 4. The molecule has 4 nitrogen and oxygen atoms in total. The summed E-state index contributed by atoms with van der Waals surface area (Å²) in [5.41, 5.74) is 1.24. The Bertz CT molecular complexity index is 439. The maximum absolute atomic E-state index is 5.48. The maximum Gasteiger partial charge on any atom is 0.142 e. The highest BCUT2D eigenvalue weighted by molar-refractivity contribution is 5.58. The van der Waals surface area contributed by atoms with Crippen molar-refractivity contribution in [2.45, 2.75) is 40.5 Å². The topological polar surface area (TPSA) is 27.7 Å². The molecule has 1 aromatic carbocycles. The second-order valence-electron chi connectivity index (χ2n) is 6.15. The highest BCUT2D eigenvalue weighted by atomic mass is 16.5. The molecule has 2 saturated heterocycles. The highest BCUT2D eigenvalue weighted by Gasteiger charge is 2.22. The molecule has 0 aliphatic carbocycles. The van der Waals surface area contributed by atoms with Crippen LogP contribution >= 0.6 is 0 Å². The molecular weight excluding hydrogens is 310 g/mol. The molecular formula is C21H39N3O. The second-order valence-corrected chi connectivity index (χ2v) is 6.15. The minimum Gasteiger partial charge on any atom is -0.495 e. The van der Waals surface area contributed by atoms with E-state index in [0.29, 0.717) is 0 Å². The van der Waals surface area contributed by atoms with Crippen LogP contribution in [-0.2, 0) is 0 Å². The van der Waals surface area contributed by atoms with Gasteiger partial charge in [0.15, 0.2) is 0 Å². The van der Waals surface area contributed by atoms with E-state index in [4.69, 9.17) is 4.74 Å². The molecule has 2 heterocycles. The molecule has 0 radical (unpaired) electrons. The van der Waals surface area contributed by atoms with Gasteiger partial charge in [-0.1, -0.05) is 39.8 Å². The zero-order chi connectivity index (χ0) is 18.5. The molecule has 0 spiro atoms. The number of anilines is 1. The number of methoxy groups -OCH3 is 1. The molecule has 25 heavy (non-hydrogen) atoms. The van der Waals surface area contributed by atoms with Crippen LogP contribution in [0.1, 0.15) is 40.5 Å². The average molecular weight is 350 g/mol. The van der Waals surface area contributed by atoms with Gasteiger partial charge in [0, 0.05) is 32.7 Å². The van der Waals surface area contributed by atoms with Crippen molar-refractivity contribution in [3.05, 3.63) is 24.3 Å². The first kappa shape index (κ1) is 21.8. The molecule has 2 aliphatic heterocycles. The summed E-state index contributed by atoms with van der Waals surface area (Å²) < 4.78 is 5.48. The van der Waals surface area contributed by atoms with Crippen LogP contribution in [0, 0.1) is 5.92 Å². The quantitative estimate of drug-likeness (QED) is 0.893. The van der Waals surface area contributed by atoms with Gasteiger partial charge in [-0.2, -0.15) is 0 Å². The lowest BCUT2D eigenvalue weighted by Crippen LogP contribution is -2.48. The van der Waals surface area contributed by atoms with Crippen molar-refractivity contribution < 1.29 is 4.74 Å². The molecule has 0 unspecified atom stereocenters.